The summed E-state index contributed by atoms with van der Waals surface area (Å²) >= 11 is 0. The van der Waals surface area contributed by atoms with E-state index in [9.17, 15) is 14.4 Å². The summed E-state index contributed by atoms with van der Waals surface area (Å²) in [6, 6.07) is 0. The molecule has 6 heteroatoms. The minimum atomic E-state index is -0.468. The smallest absolute Gasteiger partial charge is 0.410 e. The van der Waals surface area contributed by atoms with Crippen molar-refractivity contribution in [3.05, 3.63) is 0 Å². The Hall–Kier alpha value is -1.59. The van der Waals surface area contributed by atoms with Crippen LogP contribution >= 0.6 is 0 Å². The third-order valence-electron chi connectivity index (χ3n) is 2.13. The molecule has 1 aliphatic rings. The van der Waals surface area contributed by atoms with Crippen molar-refractivity contribution < 1.29 is 23.9 Å². The fourth-order valence-corrected chi connectivity index (χ4v) is 1.34. The number of hydrogen-bond acceptors (Lipinski definition) is 5. The van der Waals surface area contributed by atoms with Gasteiger partial charge in [0.15, 0.2) is 5.78 Å². The SMILES string of the molecule is CCOC(=O)CCC(=O)CN1CCOC1=O. The summed E-state index contributed by atoms with van der Waals surface area (Å²) in [5.41, 5.74) is 0. The summed E-state index contributed by atoms with van der Waals surface area (Å²) in [6.07, 6.45) is -0.303. The number of Topliss-reactive ketones (excluding diaryl/α,β-unsaturated/α-hetero) is 1. The van der Waals surface area contributed by atoms with Gasteiger partial charge in [0.05, 0.1) is 26.1 Å². The minimum absolute atomic E-state index is 0.0121. The molecule has 1 amide bonds. The van der Waals surface area contributed by atoms with Crippen LogP contribution in [0.2, 0.25) is 0 Å². The number of ether oxygens (including phenoxy) is 2. The van der Waals surface area contributed by atoms with Crippen molar-refractivity contribution >= 4 is 17.8 Å². The Morgan fingerprint density at radius 1 is 1.44 bits per heavy atom. The maximum Gasteiger partial charge on any atom is 0.410 e. The zero-order valence-corrected chi connectivity index (χ0v) is 9.23. The predicted octanol–water partition coefficient (Wildman–Crippen LogP) is 0.351. The largest absolute Gasteiger partial charge is 0.466 e. The van der Waals surface area contributed by atoms with E-state index in [1.54, 1.807) is 6.92 Å². The molecule has 1 heterocycles. The molecule has 0 aromatic heterocycles. The first-order valence-electron chi connectivity index (χ1n) is 5.22. The van der Waals surface area contributed by atoms with Crippen molar-refractivity contribution in [1.29, 1.82) is 0 Å². The van der Waals surface area contributed by atoms with Gasteiger partial charge in [-0.25, -0.2) is 4.79 Å². The Morgan fingerprint density at radius 2 is 2.19 bits per heavy atom. The molecule has 1 rings (SSSR count). The molecule has 0 aliphatic carbocycles. The van der Waals surface area contributed by atoms with E-state index in [0.717, 1.165) is 0 Å². The van der Waals surface area contributed by atoms with Gasteiger partial charge in [0, 0.05) is 6.42 Å². The Morgan fingerprint density at radius 3 is 2.75 bits per heavy atom. The predicted molar refractivity (Wildman–Crippen MR) is 53.8 cm³/mol. The van der Waals surface area contributed by atoms with Gasteiger partial charge in [0.2, 0.25) is 0 Å². The number of carbonyl (C=O) groups is 3. The van der Waals surface area contributed by atoms with Crippen LogP contribution in [-0.2, 0) is 19.1 Å². The van der Waals surface area contributed by atoms with Crippen molar-refractivity contribution in [2.45, 2.75) is 19.8 Å². The van der Waals surface area contributed by atoms with Crippen molar-refractivity contribution in [2.75, 3.05) is 26.3 Å². The van der Waals surface area contributed by atoms with E-state index in [0.29, 0.717) is 19.8 Å². The van der Waals surface area contributed by atoms with Gasteiger partial charge in [-0.1, -0.05) is 0 Å². The maximum absolute atomic E-state index is 11.4. The molecule has 0 spiro atoms. The second kappa shape index (κ2) is 6.09. The summed E-state index contributed by atoms with van der Waals surface area (Å²) < 4.78 is 9.36. The van der Waals surface area contributed by atoms with Gasteiger partial charge in [-0.2, -0.15) is 0 Å². The molecule has 0 N–H and O–H groups in total. The van der Waals surface area contributed by atoms with Crippen molar-refractivity contribution in [3.8, 4) is 0 Å². The molecule has 1 saturated heterocycles. The van der Waals surface area contributed by atoms with Crippen LogP contribution in [0.25, 0.3) is 0 Å². The maximum atomic E-state index is 11.4. The van der Waals surface area contributed by atoms with Gasteiger partial charge in [-0.15, -0.1) is 0 Å². The summed E-state index contributed by atoms with van der Waals surface area (Å²) in [5.74, 6) is -0.549. The average molecular weight is 229 g/mol. The number of nitrogens with zero attached hydrogens (tertiary/aromatic N) is 1. The number of cyclic esters (lactones) is 1. The minimum Gasteiger partial charge on any atom is -0.466 e. The fourth-order valence-electron chi connectivity index (χ4n) is 1.34. The number of ketones is 1. The monoisotopic (exact) mass is 229 g/mol. The first kappa shape index (κ1) is 12.5. The quantitative estimate of drug-likeness (QED) is 0.614. The van der Waals surface area contributed by atoms with Gasteiger partial charge in [-0.3, -0.25) is 14.5 Å². The molecule has 0 aromatic carbocycles. The van der Waals surface area contributed by atoms with Gasteiger partial charge in [0.25, 0.3) is 0 Å². The van der Waals surface area contributed by atoms with Gasteiger partial charge in [0.1, 0.15) is 6.61 Å². The average Bonchev–Trinajstić information content (AvgIpc) is 2.62. The van der Waals surface area contributed by atoms with Crippen molar-refractivity contribution in [3.63, 3.8) is 0 Å². The van der Waals surface area contributed by atoms with Crippen LogP contribution < -0.4 is 0 Å². The first-order chi connectivity index (χ1) is 7.63. The second-order valence-corrected chi connectivity index (χ2v) is 3.38. The molecule has 0 bridgehead atoms. The number of carbonyl (C=O) groups excluding carboxylic acids is 3. The van der Waals surface area contributed by atoms with Crippen LogP contribution in [0, 0.1) is 0 Å². The lowest BCUT2D eigenvalue weighted by Crippen LogP contribution is -2.30. The molecule has 0 saturated carbocycles. The second-order valence-electron chi connectivity index (χ2n) is 3.38. The highest BCUT2D eigenvalue weighted by Crippen LogP contribution is 2.04. The summed E-state index contributed by atoms with van der Waals surface area (Å²) in [6.45, 7) is 2.79. The molecule has 0 aromatic rings. The van der Waals surface area contributed by atoms with E-state index in [1.807, 2.05) is 0 Å². The van der Waals surface area contributed by atoms with E-state index in [-0.39, 0.29) is 31.1 Å². The zero-order valence-electron chi connectivity index (χ0n) is 9.23. The molecule has 0 unspecified atom stereocenters. The van der Waals surface area contributed by atoms with Crippen LogP contribution in [0.4, 0.5) is 4.79 Å². The highest BCUT2D eigenvalue weighted by molar-refractivity contribution is 5.87. The fraction of sp³-hybridized carbons (Fsp3) is 0.700. The molecule has 90 valence electrons. The van der Waals surface area contributed by atoms with Crippen molar-refractivity contribution in [1.82, 2.24) is 4.90 Å². The zero-order chi connectivity index (χ0) is 12.0. The number of hydrogen-bond donors (Lipinski definition) is 0. The highest BCUT2D eigenvalue weighted by Gasteiger charge is 2.24. The van der Waals surface area contributed by atoms with Crippen LogP contribution in [0.1, 0.15) is 19.8 Å². The molecular formula is C10H15NO5. The Bertz CT molecular complexity index is 289. The summed E-state index contributed by atoms with van der Waals surface area (Å²) in [5, 5.41) is 0. The van der Waals surface area contributed by atoms with E-state index in [4.69, 9.17) is 0 Å². The summed E-state index contributed by atoms with van der Waals surface area (Å²) in [4.78, 5) is 34.7. The molecule has 0 atom stereocenters. The van der Waals surface area contributed by atoms with E-state index >= 15 is 0 Å². The van der Waals surface area contributed by atoms with Crippen LogP contribution in [0.3, 0.4) is 0 Å². The van der Waals surface area contributed by atoms with Gasteiger partial charge in [-0.05, 0) is 6.92 Å². The van der Waals surface area contributed by atoms with Crippen molar-refractivity contribution in [2.24, 2.45) is 0 Å². The lowest BCUT2D eigenvalue weighted by molar-refractivity contribution is -0.144. The van der Waals surface area contributed by atoms with E-state index < -0.39 is 6.09 Å². The molecular weight excluding hydrogens is 214 g/mol. The van der Waals surface area contributed by atoms with Crippen LogP contribution in [0.15, 0.2) is 0 Å². The third kappa shape index (κ3) is 3.88. The normalized spacial score (nSPS) is 14.8. The summed E-state index contributed by atoms with van der Waals surface area (Å²) in [7, 11) is 0. The molecule has 1 aliphatic heterocycles. The molecule has 0 radical (unpaired) electrons. The molecule has 6 nitrogen and oxygen atoms in total. The first-order valence-corrected chi connectivity index (χ1v) is 5.22. The Labute approximate surface area is 93.5 Å². The molecule has 16 heavy (non-hydrogen) atoms. The number of rotatable bonds is 6. The molecule has 1 fully saturated rings. The standard InChI is InChI=1S/C10H15NO5/c1-2-15-9(13)4-3-8(12)7-11-5-6-16-10(11)14/h2-7H2,1H3. The van der Waals surface area contributed by atoms with Gasteiger partial charge < -0.3 is 9.47 Å². The van der Waals surface area contributed by atoms with Crippen LogP contribution in [-0.4, -0.2) is 49.0 Å². The topological polar surface area (TPSA) is 72.9 Å². The number of esters is 1. The number of amides is 1. The van der Waals surface area contributed by atoms with E-state index in [2.05, 4.69) is 9.47 Å². The van der Waals surface area contributed by atoms with Gasteiger partial charge >= 0.3 is 12.1 Å². The Balaban J connectivity index is 2.20. The Kier molecular flexibility index (Phi) is 4.75. The lowest BCUT2D eigenvalue weighted by atomic mass is 10.2. The third-order valence-corrected chi connectivity index (χ3v) is 2.13. The van der Waals surface area contributed by atoms with Crippen LogP contribution in [0.5, 0.6) is 0 Å². The lowest BCUT2D eigenvalue weighted by Gasteiger charge is -2.10. The highest BCUT2D eigenvalue weighted by atomic mass is 16.6. The van der Waals surface area contributed by atoms with E-state index in [1.165, 1.54) is 4.90 Å².